The zero-order valence-electron chi connectivity index (χ0n) is 11.5. The standard InChI is InChI=1S/C14H19N3O3/c1-16(11-5-3-2-4-6-11)13(18)10-17-8-7-15-9-12(17)14(19)20/h2-6,12,15H,7-10H2,1H3,(H,19,20). The van der Waals surface area contributed by atoms with E-state index in [4.69, 9.17) is 0 Å². The Bertz CT molecular complexity index is 478. The molecule has 1 aromatic carbocycles. The van der Waals surface area contributed by atoms with Crippen molar-refractivity contribution in [3.05, 3.63) is 30.3 Å². The van der Waals surface area contributed by atoms with Crippen LogP contribution in [0, 0.1) is 0 Å². The number of nitrogens with one attached hydrogen (secondary N) is 1. The Labute approximate surface area is 118 Å². The van der Waals surface area contributed by atoms with E-state index in [2.05, 4.69) is 5.32 Å². The summed E-state index contributed by atoms with van der Waals surface area (Å²) in [6.45, 7) is 1.75. The van der Waals surface area contributed by atoms with Gasteiger partial charge < -0.3 is 15.3 Å². The van der Waals surface area contributed by atoms with Gasteiger partial charge in [-0.1, -0.05) is 18.2 Å². The number of likely N-dealkylation sites (N-methyl/N-ethyl adjacent to an activating group) is 1. The van der Waals surface area contributed by atoms with Crippen molar-refractivity contribution < 1.29 is 14.7 Å². The van der Waals surface area contributed by atoms with Crippen LogP contribution in [0.1, 0.15) is 0 Å². The van der Waals surface area contributed by atoms with Gasteiger partial charge in [-0.3, -0.25) is 14.5 Å². The average molecular weight is 277 g/mol. The highest BCUT2D eigenvalue weighted by atomic mass is 16.4. The van der Waals surface area contributed by atoms with Crippen LogP contribution >= 0.6 is 0 Å². The van der Waals surface area contributed by atoms with E-state index in [9.17, 15) is 14.7 Å². The van der Waals surface area contributed by atoms with Gasteiger partial charge in [0.2, 0.25) is 5.91 Å². The molecule has 1 aliphatic heterocycles. The summed E-state index contributed by atoms with van der Waals surface area (Å²) in [6, 6.07) is 8.68. The Morgan fingerprint density at radius 1 is 1.40 bits per heavy atom. The van der Waals surface area contributed by atoms with E-state index in [0.29, 0.717) is 19.6 Å². The summed E-state index contributed by atoms with van der Waals surface area (Å²) >= 11 is 0. The molecule has 0 spiro atoms. The number of carboxylic acid groups (broad SMARTS) is 1. The lowest BCUT2D eigenvalue weighted by molar-refractivity contribution is -0.144. The van der Waals surface area contributed by atoms with Crippen LogP contribution in [-0.4, -0.2) is 61.2 Å². The van der Waals surface area contributed by atoms with Crippen molar-refractivity contribution >= 4 is 17.6 Å². The first-order chi connectivity index (χ1) is 9.59. The second-order valence-corrected chi connectivity index (χ2v) is 4.82. The number of anilines is 1. The molecule has 1 aromatic rings. The van der Waals surface area contributed by atoms with Crippen LogP contribution in [0.4, 0.5) is 5.69 Å². The monoisotopic (exact) mass is 277 g/mol. The molecular weight excluding hydrogens is 258 g/mol. The summed E-state index contributed by atoms with van der Waals surface area (Å²) in [4.78, 5) is 26.7. The number of hydrogen-bond acceptors (Lipinski definition) is 4. The zero-order valence-corrected chi connectivity index (χ0v) is 11.5. The molecule has 1 atom stereocenters. The van der Waals surface area contributed by atoms with Crippen molar-refractivity contribution in [1.29, 1.82) is 0 Å². The number of amides is 1. The van der Waals surface area contributed by atoms with Gasteiger partial charge in [0.05, 0.1) is 6.54 Å². The third kappa shape index (κ3) is 3.34. The molecule has 1 fully saturated rings. The van der Waals surface area contributed by atoms with Crippen LogP contribution in [-0.2, 0) is 9.59 Å². The van der Waals surface area contributed by atoms with Crippen LogP contribution in [0.2, 0.25) is 0 Å². The fourth-order valence-electron chi connectivity index (χ4n) is 2.25. The first-order valence-electron chi connectivity index (χ1n) is 6.59. The van der Waals surface area contributed by atoms with Gasteiger partial charge in [-0.15, -0.1) is 0 Å². The molecule has 1 heterocycles. The summed E-state index contributed by atoms with van der Waals surface area (Å²) in [5.74, 6) is -1.00. The normalized spacial score (nSPS) is 19.6. The summed E-state index contributed by atoms with van der Waals surface area (Å²) in [5, 5.41) is 12.2. The van der Waals surface area contributed by atoms with E-state index < -0.39 is 12.0 Å². The smallest absolute Gasteiger partial charge is 0.322 e. The molecular formula is C14H19N3O3. The SMILES string of the molecule is CN(C(=O)CN1CCNCC1C(=O)O)c1ccccc1. The average Bonchev–Trinajstić information content (AvgIpc) is 2.47. The Kier molecular flexibility index (Phi) is 4.70. The summed E-state index contributed by atoms with van der Waals surface area (Å²) in [6.07, 6.45) is 0. The van der Waals surface area contributed by atoms with Gasteiger partial charge >= 0.3 is 5.97 Å². The van der Waals surface area contributed by atoms with Gasteiger partial charge in [-0.2, -0.15) is 0 Å². The number of benzene rings is 1. The van der Waals surface area contributed by atoms with Crippen molar-refractivity contribution in [3.63, 3.8) is 0 Å². The van der Waals surface area contributed by atoms with Gasteiger partial charge in [0, 0.05) is 32.4 Å². The van der Waals surface area contributed by atoms with Crippen LogP contribution in [0.25, 0.3) is 0 Å². The van der Waals surface area contributed by atoms with E-state index in [1.165, 1.54) is 0 Å². The lowest BCUT2D eigenvalue weighted by atomic mass is 10.2. The summed E-state index contributed by atoms with van der Waals surface area (Å²) < 4.78 is 0. The molecule has 1 aliphatic rings. The third-order valence-corrected chi connectivity index (χ3v) is 3.50. The van der Waals surface area contributed by atoms with Crippen molar-refractivity contribution in [2.45, 2.75) is 6.04 Å². The third-order valence-electron chi connectivity index (χ3n) is 3.50. The second-order valence-electron chi connectivity index (χ2n) is 4.82. The molecule has 0 aromatic heterocycles. The quantitative estimate of drug-likeness (QED) is 0.811. The first kappa shape index (κ1) is 14.5. The van der Waals surface area contributed by atoms with Gasteiger partial charge in [-0.05, 0) is 12.1 Å². The van der Waals surface area contributed by atoms with E-state index >= 15 is 0 Å². The number of hydrogen-bond donors (Lipinski definition) is 2. The molecule has 2 rings (SSSR count). The molecule has 1 unspecified atom stereocenters. The molecule has 1 amide bonds. The lowest BCUT2D eigenvalue weighted by Crippen LogP contribution is -2.57. The number of para-hydroxylation sites is 1. The van der Waals surface area contributed by atoms with Crippen LogP contribution < -0.4 is 10.2 Å². The highest BCUT2D eigenvalue weighted by Crippen LogP contribution is 2.12. The molecule has 6 nitrogen and oxygen atoms in total. The zero-order chi connectivity index (χ0) is 14.5. The maximum Gasteiger partial charge on any atom is 0.322 e. The Morgan fingerprint density at radius 2 is 2.10 bits per heavy atom. The van der Waals surface area contributed by atoms with E-state index in [1.807, 2.05) is 30.3 Å². The van der Waals surface area contributed by atoms with E-state index in [-0.39, 0.29) is 12.5 Å². The van der Waals surface area contributed by atoms with Crippen molar-refractivity contribution in [1.82, 2.24) is 10.2 Å². The number of rotatable bonds is 4. The maximum atomic E-state index is 12.3. The highest BCUT2D eigenvalue weighted by Gasteiger charge is 2.30. The maximum absolute atomic E-state index is 12.3. The summed E-state index contributed by atoms with van der Waals surface area (Å²) in [7, 11) is 1.70. The second kappa shape index (κ2) is 6.49. The predicted molar refractivity (Wildman–Crippen MR) is 75.7 cm³/mol. The van der Waals surface area contributed by atoms with Gasteiger partial charge in [0.1, 0.15) is 6.04 Å². The minimum absolute atomic E-state index is 0.107. The fraction of sp³-hybridized carbons (Fsp3) is 0.429. The Hall–Kier alpha value is -1.92. The predicted octanol–water partition coefficient (Wildman–Crippen LogP) is 0.00780. The largest absolute Gasteiger partial charge is 0.480 e. The van der Waals surface area contributed by atoms with Crippen LogP contribution in [0.3, 0.4) is 0 Å². The van der Waals surface area contributed by atoms with E-state index in [0.717, 1.165) is 5.69 Å². The number of nitrogens with zero attached hydrogens (tertiary/aromatic N) is 2. The Balaban J connectivity index is 2.01. The number of carboxylic acids is 1. The Morgan fingerprint density at radius 3 is 2.75 bits per heavy atom. The summed E-state index contributed by atoms with van der Waals surface area (Å²) in [5.41, 5.74) is 0.805. The van der Waals surface area contributed by atoms with Crippen molar-refractivity contribution in [2.75, 3.05) is 38.1 Å². The van der Waals surface area contributed by atoms with Gasteiger partial charge in [0.15, 0.2) is 0 Å². The minimum Gasteiger partial charge on any atom is -0.480 e. The molecule has 6 heteroatoms. The molecule has 108 valence electrons. The van der Waals surface area contributed by atoms with Crippen molar-refractivity contribution in [2.24, 2.45) is 0 Å². The van der Waals surface area contributed by atoms with Gasteiger partial charge in [-0.25, -0.2) is 0 Å². The van der Waals surface area contributed by atoms with Crippen molar-refractivity contribution in [3.8, 4) is 0 Å². The van der Waals surface area contributed by atoms with Crippen LogP contribution in [0.5, 0.6) is 0 Å². The minimum atomic E-state index is -0.896. The molecule has 0 saturated carbocycles. The van der Waals surface area contributed by atoms with Crippen LogP contribution in [0.15, 0.2) is 30.3 Å². The molecule has 0 aliphatic carbocycles. The molecule has 20 heavy (non-hydrogen) atoms. The molecule has 2 N–H and O–H groups in total. The van der Waals surface area contributed by atoms with E-state index in [1.54, 1.807) is 16.8 Å². The first-order valence-corrected chi connectivity index (χ1v) is 6.59. The number of piperazine rings is 1. The number of carbonyl (C=O) groups excluding carboxylic acids is 1. The highest BCUT2D eigenvalue weighted by molar-refractivity contribution is 5.94. The molecule has 0 bridgehead atoms. The fourth-order valence-corrected chi connectivity index (χ4v) is 2.25. The molecule has 1 saturated heterocycles. The molecule has 0 radical (unpaired) electrons. The number of aliphatic carboxylic acids is 1. The lowest BCUT2D eigenvalue weighted by Gasteiger charge is -2.33. The van der Waals surface area contributed by atoms with Gasteiger partial charge in [0.25, 0.3) is 0 Å². The number of carbonyl (C=O) groups is 2. The topological polar surface area (TPSA) is 72.9 Å².